The van der Waals surface area contributed by atoms with E-state index in [0.29, 0.717) is 30.3 Å². The van der Waals surface area contributed by atoms with Crippen molar-refractivity contribution in [3.8, 4) is 11.5 Å². The van der Waals surface area contributed by atoms with E-state index in [-0.39, 0.29) is 12.2 Å². The molecule has 10 heteroatoms. The molecule has 0 radical (unpaired) electrons. The largest absolute Gasteiger partial charge is 0.480 e. The van der Waals surface area contributed by atoms with Crippen molar-refractivity contribution in [2.45, 2.75) is 65.8 Å². The van der Waals surface area contributed by atoms with E-state index >= 15 is 0 Å². The number of hydrogen-bond donors (Lipinski definition) is 2. The molecule has 36 heavy (non-hydrogen) atoms. The average molecular weight is 502 g/mol. The molecule has 2 aromatic heterocycles. The number of rotatable bonds is 10. The van der Waals surface area contributed by atoms with Crippen molar-refractivity contribution in [3.63, 3.8) is 0 Å². The zero-order chi connectivity index (χ0) is 26.5. The van der Waals surface area contributed by atoms with Gasteiger partial charge < -0.3 is 29.2 Å². The number of benzene rings is 1. The van der Waals surface area contributed by atoms with Crippen molar-refractivity contribution < 1.29 is 33.3 Å². The van der Waals surface area contributed by atoms with Gasteiger partial charge in [-0.15, -0.1) is 0 Å². The SMILES string of the molecule is CCCOCn1cc(C)c2c(Oc3ccc(CC(NC(=O)OC(C)(C)C)C(=O)O)cc3F)ccnc21. The fourth-order valence-corrected chi connectivity index (χ4v) is 3.63. The van der Waals surface area contributed by atoms with Gasteiger partial charge >= 0.3 is 12.1 Å². The monoisotopic (exact) mass is 501 g/mol. The fourth-order valence-electron chi connectivity index (χ4n) is 3.63. The van der Waals surface area contributed by atoms with Crippen molar-refractivity contribution in [2.75, 3.05) is 6.61 Å². The van der Waals surface area contributed by atoms with Gasteiger partial charge in [-0.3, -0.25) is 0 Å². The second-order valence-corrected chi connectivity index (χ2v) is 9.43. The lowest BCUT2D eigenvalue weighted by Crippen LogP contribution is -2.44. The van der Waals surface area contributed by atoms with E-state index in [4.69, 9.17) is 14.2 Å². The molecule has 3 aromatic rings. The zero-order valence-electron chi connectivity index (χ0n) is 21.1. The number of aryl methyl sites for hydroxylation is 1. The molecule has 0 saturated carbocycles. The highest BCUT2D eigenvalue weighted by Crippen LogP contribution is 2.33. The Bertz CT molecular complexity index is 1230. The van der Waals surface area contributed by atoms with Crippen LogP contribution >= 0.6 is 0 Å². The van der Waals surface area contributed by atoms with Gasteiger partial charge in [-0.2, -0.15) is 0 Å². The highest BCUT2D eigenvalue weighted by Gasteiger charge is 2.25. The molecule has 9 nitrogen and oxygen atoms in total. The minimum atomic E-state index is -1.29. The highest BCUT2D eigenvalue weighted by molar-refractivity contribution is 5.87. The topological polar surface area (TPSA) is 112 Å². The lowest BCUT2D eigenvalue weighted by Gasteiger charge is -2.22. The van der Waals surface area contributed by atoms with Crippen LogP contribution in [0.15, 0.2) is 36.7 Å². The second kappa shape index (κ2) is 11.4. The van der Waals surface area contributed by atoms with Crippen LogP contribution in [0.2, 0.25) is 0 Å². The Hall–Kier alpha value is -3.66. The van der Waals surface area contributed by atoms with Crippen molar-refractivity contribution in [1.29, 1.82) is 0 Å². The third-order valence-electron chi connectivity index (χ3n) is 5.13. The van der Waals surface area contributed by atoms with Crippen LogP contribution in [0.3, 0.4) is 0 Å². The molecule has 0 bridgehead atoms. The van der Waals surface area contributed by atoms with E-state index in [1.54, 1.807) is 39.1 Å². The lowest BCUT2D eigenvalue weighted by atomic mass is 10.1. The van der Waals surface area contributed by atoms with E-state index in [1.165, 1.54) is 12.1 Å². The summed E-state index contributed by atoms with van der Waals surface area (Å²) in [6, 6.07) is 4.55. The molecule has 1 unspecified atom stereocenters. The van der Waals surface area contributed by atoms with Crippen molar-refractivity contribution in [3.05, 3.63) is 53.6 Å². The summed E-state index contributed by atoms with van der Waals surface area (Å²) in [7, 11) is 0. The summed E-state index contributed by atoms with van der Waals surface area (Å²) >= 11 is 0. The van der Waals surface area contributed by atoms with Gasteiger partial charge in [0, 0.05) is 25.4 Å². The van der Waals surface area contributed by atoms with Gasteiger partial charge in [-0.1, -0.05) is 13.0 Å². The Balaban J connectivity index is 1.77. The van der Waals surface area contributed by atoms with Crippen LogP contribution in [0.25, 0.3) is 11.0 Å². The molecule has 1 amide bonds. The van der Waals surface area contributed by atoms with E-state index in [0.717, 1.165) is 17.4 Å². The normalized spacial score (nSPS) is 12.4. The lowest BCUT2D eigenvalue weighted by molar-refractivity contribution is -0.139. The van der Waals surface area contributed by atoms with Crippen molar-refractivity contribution in [1.82, 2.24) is 14.9 Å². The number of carboxylic acid groups (broad SMARTS) is 1. The van der Waals surface area contributed by atoms with Crippen LogP contribution in [0.4, 0.5) is 9.18 Å². The molecule has 194 valence electrons. The molecule has 2 N–H and O–H groups in total. The van der Waals surface area contributed by atoms with E-state index in [1.807, 2.05) is 24.6 Å². The Morgan fingerprint density at radius 1 is 1.22 bits per heavy atom. The quantitative estimate of drug-likeness (QED) is 0.368. The minimum Gasteiger partial charge on any atom is -0.480 e. The molecule has 2 heterocycles. The molecule has 0 aliphatic rings. The summed E-state index contributed by atoms with van der Waals surface area (Å²) in [4.78, 5) is 28.0. The maximum Gasteiger partial charge on any atom is 0.408 e. The Morgan fingerprint density at radius 2 is 1.97 bits per heavy atom. The van der Waals surface area contributed by atoms with Gasteiger partial charge in [0.2, 0.25) is 0 Å². The predicted molar refractivity (Wildman–Crippen MR) is 132 cm³/mol. The van der Waals surface area contributed by atoms with Crippen LogP contribution in [0, 0.1) is 12.7 Å². The Labute approximate surface area is 209 Å². The number of hydrogen-bond acceptors (Lipinski definition) is 6. The summed E-state index contributed by atoms with van der Waals surface area (Å²) < 4.78 is 33.5. The van der Waals surface area contributed by atoms with Gasteiger partial charge in [0.05, 0.1) is 5.39 Å². The number of carbonyl (C=O) groups is 2. The first-order chi connectivity index (χ1) is 17.0. The number of carbonyl (C=O) groups excluding carboxylic acids is 1. The number of halogens is 1. The summed E-state index contributed by atoms with van der Waals surface area (Å²) in [5.41, 5.74) is 1.16. The number of fused-ring (bicyclic) bond motifs is 1. The number of alkyl carbamates (subject to hydrolysis) is 1. The first-order valence-corrected chi connectivity index (χ1v) is 11.7. The molecule has 0 fully saturated rings. The van der Waals surface area contributed by atoms with Crippen LogP contribution in [0.5, 0.6) is 11.5 Å². The molecular weight excluding hydrogens is 469 g/mol. The van der Waals surface area contributed by atoms with E-state index in [2.05, 4.69) is 10.3 Å². The fraction of sp³-hybridized carbons (Fsp3) is 0.423. The smallest absolute Gasteiger partial charge is 0.408 e. The van der Waals surface area contributed by atoms with Gasteiger partial charge in [0.25, 0.3) is 0 Å². The Kier molecular flexibility index (Phi) is 8.52. The summed E-state index contributed by atoms with van der Waals surface area (Å²) in [5.74, 6) is -1.51. The van der Waals surface area contributed by atoms with Crippen LogP contribution in [0.1, 0.15) is 45.2 Å². The molecule has 0 spiro atoms. The van der Waals surface area contributed by atoms with Crippen molar-refractivity contribution >= 4 is 23.1 Å². The molecule has 0 aliphatic heterocycles. The number of nitrogens with one attached hydrogen (secondary N) is 1. The number of aliphatic carboxylic acids is 1. The number of nitrogens with zero attached hydrogens (tertiary/aromatic N) is 2. The highest BCUT2D eigenvalue weighted by atomic mass is 19.1. The first-order valence-electron chi connectivity index (χ1n) is 11.7. The summed E-state index contributed by atoms with van der Waals surface area (Å²) in [6.07, 6.45) is 3.40. The van der Waals surface area contributed by atoms with Gasteiger partial charge in [0.15, 0.2) is 11.6 Å². The Morgan fingerprint density at radius 3 is 2.61 bits per heavy atom. The average Bonchev–Trinajstić information content (AvgIpc) is 3.10. The number of carboxylic acids is 1. The molecular formula is C26H32FN3O6. The predicted octanol–water partition coefficient (Wildman–Crippen LogP) is 5.18. The maximum absolute atomic E-state index is 15.0. The van der Waals surface area contributed by atoms with Gasteiger partial charge in [0.1, 0.15) is 29.8 Å². The molecule has 3 rings (SSSR count). The first kappa shape index (κ1) is 26.9. The summed E-state index contributed by atoms with van der Waals surface area (Å²) in [5, 5.41) is 12.5. The number of aromatic nitrogens is 2. The van der Waals surface area contributed by atoms with Crippen LogP contribution < -0.4 is 10.1 Å². The molecule has 0 aliphatic carbocycles. The number of pyridine rings is 1. The van der Waals surface area contributed by atoms with Gasteiger partial charge in [-0.05, 0) is 63.4 Å². The standard InChI is InChI=1S/C26H32FN3O6/c1-6-11-34-15-30-14-16(2)22-21(9-10-28-23(22)30)35-20-8-7-17(12-18(20)27)13-19(24(31)32)29-25(33)36-26(3,4)5/h7-10,12,14,19H,6,11,13,15H2,1-5H3,(H,29,33)(H,31,32). The number of ether oxygens (including phenoxy) is 3. The second-order valence-electron chi connectivity index (χ2n) is 9.43. The van der Waals surface area contributed by atoms with E-state index in [9.17, 15) is 19.1 Å². The molecule has 1 aromatic carbocycles. The third-order valence-corrected chi connectivity index (χ3v) is 5.13. The third kappa shape index (κ3) is 6.94. The molecule has 1 atom stereocenters. The number of amides is 1. The van der Waals surface area contributed by atoms with Crippen LogP contribution in [-0.4, -0.2) is 45.0 Å². The summed E-state index contributed by atoms with van der Waals surface area (Å²) in [6.45, 7) is 9.93. The molecule has 0 saturated heterocycles. The minimum absolute atomic E-state index is 0.0207. The van der Waals surface area contributed by atoms with Gasteiger partial charge in [-0.25, -0.2) is 19.0 Å². The van der Waals surface area contributed by atoms with Crippen molar-refractivity contribution in [2.24, 2.45) is 0 Å². The zero-order valence-corrected chi connectivity index (χ0v) is 21.1. The maximum atomic E-state index is 15.0. The van der Waals surface area contributed by atoms with E-state index < -0.39 is 29.5 Å². The van der Waals surface area contributed by atoms with Crippen LogP contribution in [-0.2, 0) is 27.4 Å².